The Morgan fingerprint density at radius 3 is 2.61 bits per heavy atom. The molecular formula is C27H17BrClN3O4. The van der Waals surface area contributed by atoms with Crippen molar-refractivity contribution in [1.82, 2.24) is 0 Å². The number of nitro benzene ring substituents is 1. The molecular weight excluding hydrogens is 546 g/mol. The highest BCUT2D eigenvalue weighted by atomic mass is 79.9. The van der Waals surface area contributed by atoms with Gasteiger partial charge in [0.25, 0.3) is 11.6 Å². The number of halogens is 2. The zero-order valence-electron chi connectivity index (χ0n) is 18.6. The first-order valence-corrected chi connectivity index (χ1v) is 11.8. The maximum atomic E-state index is 12.6. The van der Waals surface area contributed by atoms with Crippen molar-refractivity contribution in [1.29, 1.82) is 5.26 Å². The molecule has 0 saturated heterocycles. The monoisotopic (exact) mass is 561 g/mol. The number of fused-ring (bicyclic) bond motifs is 1. The fourth-order valence-corrected chi connectivity index (χ4v) is 4.25. The number of ether oxygens (including phenoxy) is 1. The van der Waals surface area contributed by atoms with E-state index in [1.54, 1.807) is 18.2 Å². The van der Waals surface area contributed by atoms with Crippen molar-refractivity contribution in [3.8, 4) is 11.8 Å². The second-order valence-electron chi connectivity index (χ2n) is 7.66. The highest BCUT2D eigenvalue weighted by Crippen LogP contribution is 2.30. The van der Waals surface area contributed by atoms with Gasteiger partial charge in [-0.1, -0.05) is 60.1 Å². The van der Waals surface area contributed by atoms with Crippen LogP contribution in [0, 0.1) is 21.4 Å². The minimum Gasteiger partial charge on any atom is -0.488 e. The van der Waals surface area contributed by atoms with Crippen molar-refractivity contribution in [2.45, 2.75) is 6.61 Å². The maximum Gasteiger partial charge on any atom is 0.271 e. The van der Waals surface area contributed by atoms with Gasteiger partial charge in [0.05, 0.1) is 20.1 Å². The molecule has 0 aliphatic carbocycles. The molecule has 36 heavy (non-hydrogen) atoms. The summed E-state index contributed by atoms with van der Waals surface area (Å²) >= 11 is 9.52. The van der Waals surface area contributed by atoms with Crippen LogP contribution in [0.1, 0.15) is 11.1 Å². The summed E-state index contributed by atoms with van der Waals surface area (Å²) in [6.45, 7) is 0.372. The SMILES string of the molecule is N#C/C(=C\c1ccc(OCc2cccc3ccccc23)c(Br)c1)C(=O)Nc1ccc([N+](=O)[O-])cc1Cl. The number of hydrogen-bond donors (Lipinski definition) is 1. The standard InChI is InChI=1S/C27H17BrClN3O4/c28-23-13-17(8-11-26(23)36-16-19-6-3-5-18-4-1-2-7-22(18)19)12-20(15-30)27(33)31-25-10-9-21(32(34)35)14-24(25)29/h1-14H,16H2,(H,31,33)/b20-12+. The maximum absolute atomic E-state index is 12.6. The van der Waals surface area contributed by atoms with Gasteiger partial charge in [0.15, 0.2) is 0 Å². The van der Waals surface area contributed by atoms with E-state index in [-0.39, 0.29) is 22.0 Å². The van der Waals surface area contributed by atoms with E-state index in [0.29, 0.717) is 22.4 Å². The third kappa shape index (κ3) is 5.71. The first kappa shape index (κ1) is 24.9. The number of nitro groups is 1. The van der Waals surface area contributed by atoms with Crippen LogP contribution in [0.2, 0.25) is 5.02 Å². The van der Waals surface area contributed by atoms with Crippen LogP contribution in [0.4, 0.5) is 11.4 Å². The Balaban J connectivity index is 1.48. The first-order valence-electron chi connectivity index (χ1n) is 10.6. The van der Waals surface area contributed by atoms with Crippen molar-refractivity contribution < 1.29 is 14.5 Å². The van der Waals surface area contributed by atoms with Crippen molar-refractivity contribution >= 4 is 61.7 Å². The molecule has 0 saturated carbocycles. The van der Waals surface area contributed by atoms with Crippen LogP contribution in [0.5, 0.6) is 5.75 Å². The lowest BCUT2D eigenvalue weighted by Crippen LogP contribution is -2.13. The third-order valence-corrected chi connectivity index (χ3v) is 6.24. The van der Waals surface area contributed by atoms with Crippen molar-refractivity contribution in [3.05, 3.63) is 115 Å². The predicted molar refractivity (Wildman–Crippen MR) is 143 cm³/mol. The van der Waals surface area contributed by atoms with Crippen LogP contribution in [0.3, 0.4) is 0 Å². The van der Waals surface area contributed by atoms with Crippen LogP contribution in [-0.4, -0.2) is 10.8 Å². The summed E-state index contributed by atoms with van der Waals surface area (Å²) in [6.07, 6.45) is 1.42. The Bertz CT molecular complexity index is 1560. The van der Waals surface area contributed by atoms with E-state index in [1.807, 2.05) is 42.5 Å². The summed E-state index contributed by atoms with van der Waals surface area (Å²) in [4.78, 5) is 22.9. The number of carbonyl (C=O) groups excluding carboxylic acids is 1. The van der Waals surface area contributed by atoms with E-state index < -0.39 is 10.8 Å². The quantitative estimate of drug-likeness (QED) is 0.110. The van der Waals surface area contributed by atoms with E-state index in [0.717, 1.165) is 22.4 Å². The molecule has 0 aliphatic rings. The average molecular weight is 563 g/mol. The number of nitrogens with zero attached hydrogens (tertiary/aromatic N) is 2. The molecule has 4 aromatic rings. The largest absolute Gasteiger partial charge is 0.488 e. The molecule has 0 spiro atoms. The number of hydrogen-bond acceptors (Lipinski definition) is 5. The van der Waals surface area contributed by atoms with E-state index in [2.05, 4.69) is 27.3 Å². The van der Waals surface area contributed by atoms with Gasteiger partial charge in [0.1, 0.15) is 24.0 Å². The highest BCUT2D eigenvalue weighted by molar-refractivity contribution is 9.10. The van der Waals surface area contributed by atoms with Crippen LogP contribution >= 0.6 is 27.5 Å². The lowest BCUT2D eigenvalue weighted by Gasteiger charge is -2.11. The summed E-state index contributed by atoms with van der Waals surface area (Å²) < 4.78 is 6.67. The average Bonchev–Trinajstić information content (AvgIpc) is 2.87. The van der Waals surface area contributed by atoms with Gasteiger partial charge in [-0.15, -0.1) is 0 Å². The van der Waals surface area contributed by atoms with Gasteiger partial charge in [-0.05, 0) is 62.1 Å². The zero-order valence-corrected chi connectivity index (χ0v) is 20.9. The minimum atomic E-state index is -0.694. The number of nitriles is 1. The molecule has 7 nitrogen and oxygen atoms in total. The van der Waals surface area contributed by atoms with Gasteiger partial charge in [0, 0.05) is 12.1 Å². The normalized spacial score (nSPS) is 11.1. The molecule has 1 amide bonds. The van der Waals surface area contributed by atoms with Crippen LogP contribution in [0.15, 0.2) is 88.9 Å². The first-order chi connectivity index (χ1) is 17.4. The number of anilines is 1. The molecule has 178 valence electrons. The molecule has 0 bridgehead atoms. The topological polar surface area (TPSA) is 105 Å². The molecule has 0 heterocycles. The van der Waals surface area contributed by atoms with E-state index in [4.69, 9.17) is 16.3 Å². The molecule has 9 heteroatoms. The fourth-order valence-electron chi connectivity index (χ4n) is 3.52. The van der Waals surface area contributed by atoms with Gasteiger partial charge in [-0.3, -0.25) is 14.9 Å². The van der Waals surface area contributed by atoms with Gasteiger partial charge in [-0.2, -0.15) is 5.26 Å². The fraction of sp³-hybridized carbons (Fsp3) is 0.0370. The van der Waals surface area contributed by atoms with Gasteiger partial charge >= 0.3 is 0 Å². The van der Waals surface area contributed by atoms with Gasteiger partial charge < -0.3 is 10.1 Å². The van der Waals surface area contributed by atoms with Crippen LogP contribution in [-0.2, 0) is 11.4 Å². The van der Waals surface area contributed by atoms with Crippen molar-refractivity contribution in [3.63, 3.8) is 0 Å². The third-order valence-electron chi connectivity index (χ3n) is 5.31. The number of nitrogens with one attached hydrogen (secondary N) is 1. The van der Waals surface area contributed by atoms with E-state index >= 15 is 0 Å². The molecule has 4 aromatic carbocycles. The molecule has 0 aromatic heterocycles. The van der Waals surface area contributed by atoms with Crippen LogP contribution < -0.4 is 10.1 Å². The van der Waals surface area contributed by atoms with Crippen molar-refractivity contribution in [2.75, 3.05) is 5.32 Å². The Morgan fingerprint density at radius 1 is 1.11 bits per heavy atom. The predicted octanol–water partition coefficient (Wildman–Crippen LogP) is 7.29. The second-order valence-corrected chi connectivity index (χ2v) is 8.92. The summed E-state index contributed by atoms with van der Waals surface area (Å²) in [5.74, 6) is -0.0821. The van der Waals surface area contributed by atoms with Gasteiger partial charge in [0.2, 0.25) is 0 Å². The summed E-state index contributed by atoms with van der Waals surface area (Å²) in [7, 11) is 0. The van der Waals surface area contributed by atoms with E-state index in [1.165, 1.54) is 18.2 Å². The summed E-state index contributed by atoms with van der Waals surface area (Å²) in [5, 5.41) is 25.1. The Labute approximate surface area is 219 Å². The molecule has 1 N–H and O–H groups in total. The molecule has 0 radical (unpaired) electrons. The molecule has 0 unspecified atom stereocenters. The number of non-ortho nitro benzene ring substituents is 1. The number of benzene rings is 4. The van der Waals surface area contributed by atoms with E-state index in [9.17, 15) is 20.2 Å². The molecule has 4 rings (SSSR count). The lowest BCUT2D eigenvalue weighted by atomic mass is 10.1. The lowest BCUT2D eigenvalue weighted by molar-refractivity contribution is -0.384. The highest BCUT2D eigenvalue weighted by Gasteiger charge is 2.15. The second kappa shape index (κ2) is 11.0. The summed E-state index contributed by atoms with van der Waals surface area (Å²) in [5.41, 5.74) is 1.44. The smallest absolute Gasteiger partial charge is 0.271 e. The Kier molecular flexibility index (Phi) is 7.64. The zero-order chi connectivity index (χ0) is 25.7. The Morgan fingerprint density at radius 2 is 1.89 bits per heavy atom. The number of amides is 1. The summed E-state index contributed by atoms with van der Waals surface area (Å²) in [6, 6.07) is 24.9. The molecule has 0 atom stereocenters. The Hall–Kier alpha value is -4.19. The molecule has 0 fully saturated rings. The number of carbonyl (C=O) groups is 1. The van der Waals surface area contributed by atoms with Gasteiger partial charge in [-0.25, -0.2) is 0 Å². The molecule has 0 aliphatic heterocycles. The minimum absolute atomic E-state index is 0.00900. The number of rotatable bonds is 7. The van der Waals surface area contributed by atoms with Crippen LogP contribution in [0.25, 0.3) is 16.8 Å². The van der Waals surface area contributed by atoms with Crippen molar-refractivity contribution in [2.24, 2.45) is 0 Å².